The molecule has 1 amide bonds. The highest BCUT2D eigenvalue weighted by Gasteiger charge is 2.08. The number of nitrogens with one attached hydrogen (secondary N) is 1. The van der Waals surface area contributed by atoms with E-state index >= 15 is 0 Å². The minimum atomic E-state index is -0.245. The first-order chi connectivity index (χ1) is 9.10. The van der Waals surface area contributed by atoms with Crippen molar-refractivity contribution in [1.82, 2.24) is 4.98 Å². The topological polar surface area (TPSA) is 65.8 Å². The van der Waals surface area contributed by atoms with Crippen LogP contribution in [0.2, 0.25) is 0 Å². The van der Waals surface area contributed by atoms with Gasteiger partial charge in [-0.05, 0) is 44.2 Å². The van der Waals surface area contributed by atoms with Gasteiger partial charge in [-0.15, -0.1) is 0 Å². The van der Waals surface area contributed by atoms with Gasteiger partial charge >= 0.3 is 0 Å². The summed E-state index contributed by atoms with van der Waals surface area (Å²) in [7, 11) is 0. The molecule has 2 aromatic rings. The lowest BCUT2D eigenvalue weighted by molar-refractivity contribution is 0.102. The van der Waals surface area contributed by atoms with Gasteiger partial charge in [0.05, 0.1) is 23.0 Å². The first-order valence-electron chi connectivity index (χ1n) is 5.86. The van der Waals surface area contributed by atoms with Gasteiger partial charge in [0, 0.05) is 11.3 Å². The number of anilines is 1. The van der Waals surface area contributed by atoms with E-state index in [1.165, 1.54) is 0 Å². The molecule has 4 heteroatoms. The van der Waals surface area contributed by atoms with Crippen molar-refractivity contribution in [3.63, 3.8) is 0 Å². The van der Waals surface area contributed by atoms with Crippen LogP contribution in [0.1, 0.15) is 27.3 Å². The molecule has 1 aromatic carbocycles. The Bertz CT molecular complexity index is 671. The summed E-state index contributed by atoms with van der Waals surface area (Å²) in [6.45, 7) is 3.74. The molecule has 94 valence electrons. The second-order valence-corrected chi connectivity index (χ2v) is 4.23. The number of hydrogen-bond acceptors (Lipinski definition) is 3. The van der Waals surface area contributed by atoms with Crippen LogP contribution < -0.4 is 5.32 Å². The number of pyridine rings is 1. The van der Waals surface area contributed by atoms with E-state index < -0.39 is 0 Å². The monoisotopic (exact) mass is 251 g/mol. The molecule has 2 rings (SSSR count). The van der Waals surface area contributed by atoms with Crippen molar-refractivity contribution in [3.8, 4) is 6.07 Å². The highest BCUT2D eigenvalue weighted by molar-refractivity contribution is 6.04. The lowest BCUT2D eigenvalue weighted by Gasteiger charge is -2.08. The molecule has 0 bridgehead atoms. The molecule has 4 nitrogen and oxygen atoms in total. The first-order valence-corrected chi connectivity index (χ1v) is 5.86. The largest absolute Gasteiger partial charge is 0.320 e. The Kier molecular flexibility index (Phi) is 3.58. The van der Waals surface area contributed by atoms with E-state index in [9.17, 15) is 4.79 Å². The third-order valence-corrected chi connectivity index (χ3v) is 2.73. The molecule has 0 atom stereocenters. The summed E-state index contributed by atoms with van der Waals surface area (Å²) in [4.78, 5) is 16.4. The maximum absolute atomic E-state index is 12.1. The Hall–Kier alpha value is -2.67. The molecule has 0 saturated heterocycles. The van der Waals surface area contributed by atoms with E-state index in [1.54, 1.807) is 24.3 Å². The summed E-state index contributed by atoms with van der Waals surface area (Å²) < 4.78 is 0. The Morgan fingerprint density at radius 3 is 2.74 bits per heavy atom. The Balaban J connectivity index is 2.23. The SMILES string of the molecule is Cc1ccc(NC(=O)c2cccc(C#N)c2)c(C)n1. The van der Waals surface area contributed by atoms with Crippen LogP contribution in [-0.2, 0) is 0 Å². The lowest BCUT2D eigenvalue weighted by atomic mass is 10.1. The molecule has 0 aliphatic carbocycles. The van der Waals surface area contributed by atoms with Gasteiger partial charge in [0.25, 0.3) is 5.91 Å². The number of rotatable bonds is 2. The van der Waals surface area contributed by atoms with Crippen molar-refractivity contribution in [2.24, 2.45) is 0 Å². The third-order valence-electron chi connectivity index (χ3n) is 2.73. The van der Waals surface area contributed by atoms with Gasteiger partial charge in [-0.25, -0.2) is 0 Å². The van der Waals surface area contributed by atoms with Gasteiger partial charge in [-0.3, -0.25) is 9.78 Å². The van der Waals surface area contributed by atoms with Crippen LogP contribution in [0, 0.1) is 25.2 Å². The van der Waals surface area contributed by atoms with E-state index in [0.717, 1.165) is 11.4 Å². The smallest absolute Gasteiger partial charge is 0.255 e. The molecule has 0 spiro atoms. The van der Waals surface area contributed by atoms with E-state index in [2.05, 4.69) is 10.3 Å². The van der Waals surface area contributed by atoms with Crippen LogP contribution in [0.25, 0.3) is 0 Å². The fourth-order valence-corrected chi connectivity index (χ4v) is 1.74. The summed E-state index contributed by atoms with van der Waals surface area (Å²) in [6.07, 6.45) is 0. The maximum Gasteiger partial charge on any atom is 0.255 e. The number of aryl methyl sites for hydroxylation is 2. The normalized spacial score (nSPS) is 9.74. The summed E-state index contributed by atoms with van der Waals surface area (Å²) in [5.74, 6) is -0.245. The molecule has 1 N–H and O–H groups in total. The van der Waals surface area contributed by atoms with Gasteiger partial charge in [0.15, 0.2) is 0 Å². The number of benzene rings is 1. The zero-order valence-corrected chi connectivity index (χ0v) is 10.8. The van der Waals surface area contributed by atoms with Crippen LogP contribution in [0.4, 0.5) is 5.69 Å². The second-order valence-electron chi connectivity index (χ2n) is 4.23. The molecule has 0 fully saturated rings. The highest BCUT2D eigenvalue weighted by Crippen LogP contribution is 2.14. The Morgan fingerprint density at radius 1 is 1.26 bits per heavy atom. The maximum atomic E-state index is 12.1. The van der Waals surface area contributed by atoms with Crippen LogP contribution in [-0.4, -0.2) is 10.9 Å². The van der Waals surface area contributed by atoms with Crippen molar-refractivity contribution in [3.05, 3.63) is 58.9 Å². The van der Waals surface area contributed by atoms with Gasteiger partial charge in [-0.2, -0.15) is 5.26 Å². The molecule has 0 radical (unpaired) electrons. The van der Waals surface area contributed by atoms with Crippen molar-refractivity contribution >= 4 is 11.6 Å². The molecule has 1 heterocycles. The van der Waals surface area contributed by atoms with Gasteiger partial charge < -0.3 is 5.32 Å². The molecule has 19 heavy (non-hydrogen) atoms. The zero-order chi connectivity index (χ0) is 13.8. The van der Waals surface area contributed by atoms with Crippen molar-refractivity contribution in [2.75, 3.05) is 5.32 Å². The van der Waals surface area contributed by atoms with Gasteiger partial charge in [0.1, 0.15) is 0 Å². The summed E-state index contributed by atoms with van der Waals surface area (Å²) in [5, 5.41) is 11.6. The predicted octanol–water partition coefficient (Wildman–Crippen LogP) is 2.82. The average Bonchev–Trinajstić information content (AvgIpc) is 2.42. The first kappa shape index (κ1) is 12.8. The predicted molar refractivity (Wildman–Crippen MR) is 72.8 cm³/mol. The summed E-state index contributed by atoms with van der Waals surface area (Å²) in [5.41, 5.74) is 3.27. The second kappa shape index (κ2) is 5.32. The van der Waals surface area contributed by atoms with E-state index in [0.29, 0.717) is 16.8 Å². The van der Waals surface area contributed by atoms with Crippen LogP contribution in [0.5, 0.6) is 0 Å². The molecule has 0 saturated carbocycles. The zero-order valence-electron chi connectivity index (χ0n) is 10.8. The minimum Gasteiger partial charge on any atom is -0.320 e. The summed E-state index contributed by atoms with van der Waals surface area (Å²) in [6, 6.07) is 12.3. The number of amides is 1. The molecule has 0 aliphatic heterocycles. The van der Waals surface area contributed by atoms with Crippen LogP contribution in [0.3, 0.4) is 0 Å². The Morgan fingerprint density at radius 2 is 2.05 bits per heavy atom. The van der Waals surface area contributed by atoms with Crippen molar-refractivity contribution in [1.29, 1.82) is 5.26 Å². The third kappa shape index (κ3) is 2.96. The molecular weight excluding hydrogens is 238 g/mol. The summed E-state index contributed by atoms with van der Waals surface area (Å²) >= 11 is 0. The highest BCUT2D eigenvalue weighted by atomic mass is 16.1. The fourth-order valence-electron chi connectivity index (χ4n) is 1.74. The van der Waals surface area contributed by atoms with Gasteiger partial charge in [-0.1, -0.05) is 6.07 Å². The van der Waals surface area contributed by atoms with Crippen molar-refractivity contribution in [2.45, 2.75) is 13.8 Å². The molecule has 1 aromatic heterocycles. The molecular formula is C15H13N3O. The minimum absolute atomic E-state index is 0.245. The van der Waals surface area contributed by atoms with E-state index in [4.69, 9.17) is 5.26 Å². The number of carbonyl (C=O) groups is 1. The van der Waals surface area contributed by atoms with E-state index in [-0.39, 0.29) is 5.91 Å². The number of aromatic nitrogens is 1. The van der Waals surface area contributed by atoms with Crippen LogP contribution >= 0.6 is 0 Å². The molecule has 0 unspecified atom stereocenters. The number of nitrogens with zero attached hydrogens (tertiary/aromatic N) is 2. The number of nitriles is 1. The average molecular weight is 251 g/mol. The standard InChI is InChI=1S/C15H13N3O/c1-10-6-7-14(11(2)17-10)18-15(19)13-5-3-4-12(8-13)9-16/h3-8H,1-2H3,(H,18,19). The van der Waals surface area contributed by atoms with Crippen molar-refractivity contribution < 1.29 is 4.79 Å². The molecule has 0 aliphatic rings. The van der Waals surface area contributed by atoms with E-state index in [1.807, 2.05) is 32.0 Å². The number of carbonyl (C=O) groups excluding carboxylic acids is 1. The Labute approximate surface area is 111 Å². The number of hydrogen-bond donors (Lipinski definition) is 1. The fraction of sp³-hybridized carbons (Fsp3) is 0.133. The van der Waals surface area contributed by atoms with Crippen LogP contribution in [0.15, 0.2) is 36.4 Å². The quantitative estimate of drug-likeness (QED) is 0.892. The van der Waals surface area contributed by atoms with Gasteiger partial charge in [0.2, 0.25) is 0 Å². The lowest BCUT2D eigenvalue weighted by Crippen LogP contribution is -2.13.